The molecule has 1 fully saturated rings. The topological polar surface area (TPSA) is 35.8 Å². The van der Waals surface area contributed by atoms with Crippen LogP contribution in [-0.4, -0.2) is 12.6 Å². The van der Waals surface area contributed by atoms with Gasteiger partial charge in [0.1, 0.15) is 0 Å². The molecule has 1 aliphatic carbocycles. The van der Waals surface area contributed by atoms with Crippen LogP contribution in [0.5, 0.6) is 0 Å². The molecular weight excluding hydrogens is 232 g/mol. The number of hydrogen-bond donors (Lipinski definition) is 1. The van der Waals surface area contributed by atoms with Gasteiger partial charge in [0.15, 0.2) is 0 Å². The fourth-order valence-corrected chi connectivity index (χ4v) is 3.06. The highest BCUT2D eigenvalue weighted by Crippen LogP contribution is 2.25. The maximum Gasteiger partial charge on any atom is 0.0683 e. The molecule has 0 aromatic carbocycles. The Kier molecular flexibility index (Phi) is 7.46. The summed E-state index contributed by atoms with van der Waals surface area (Å²) >= 11 is 0. The van der Waals surface area contributed by atoms with Crippen molar-refractivity contribution >= 4 is 0 Å². The third-order valence-electron chi connectivity index (χ3n) is 4.60. The van der Waals surface area contributed by atoms with Crippen LogP contribution in [0, 0.1) is 22.7 Å². The van der Waals surface area contributed by atoms with Crippen molar-refractivity contribution in [1.82, 2.24) is 5.32 Å². The predicted molar refractivity (Wildman–Crippen MR) is 81.9 cm³/mol. The average Bonchev–Trinajstić information content (AvgIpc) is 2.67. The highest BCUT2D eigenvalue weighted by atomic mass is 14.9. The van der Waals surface area contributed by atoms with Crippen molar-refractivity contribution in [2.45, 2.75) is 84.6 Å². The number of nitriles is 1. The zero-order valence-corrected chi connectivity index (χ0v) is 13.2. The quantitative estimate of drug-likeness (QED) is 0.536. The van der Waals surface area contributed by atoms with Crippen LogP contribution >= 0.6 is 0 Å². The monoisotopic (exact) mass is 264 g/mol. The van der Waals surface area contributed by atoms with Gasteiger partial charge >= 0.3 is 0 Å². The Morgan fingerprint density at radius 2 is 1.79 bits per heavy atom. The molecule has 0 spiro atoms. The Hall–Kier alpha value is -0.550. The van der Waals surface area contributed by atoms with E-state index in [-0.39, 0.29) is 5.41 Å². The van der Waals surface area contributed by atoms with Gasteiger partial charge in [0.25, 0.3) is 0 Å². The standard InChI is InChI=1S/C17H32N2/c1-15(16-10-6-4-5-7-11-16)19-13-9-8-12-17(2,3)14-18/h15-16,19H,4-13H2,1-3H3/t15-/m0/s1. The molecule has 1 atom stereocenters. The van der Waals surface area contributed by atoms with Crippen molar-refractivity contribution in [3.63, 3.8) is 0 Å². The lowest BCUT2D eigenvalue weighted by Gasteiger charge is -2.24. The normalized spacial score (nSPS) is 19.7. The Labute approximate surface area is 120 Å². The van der Waals surface area contributed by atoms with E-state index in [1.807, 2.05) is 13.8 Å². The molecule has 0 aromatic heterocycles. The highest BCUT2D eigenvalue weighted by Gasteiger charge is 2.19. The van der Waals surface area contributed by atoms with Crippen molar-refractivity contribution < 1.29 is 0 Å². The molecule has 0 unspecified atom stereocenters. The van der Waals surface area contributed by atoms with Crippen LogP contribution in [0.2, 0.25) is 0 Å². The number of rotatable bonds is 7. The van der Waals surface area contributed by atoms with Crippen LogP contribution in [0.25, 0.3) is 0 Å². The SMILES string of the molecule is C[C@H](NCCCCC(C)(C)C#N)C1CCCCCC1. The summed E-state index contributed by atoms with van der Waals surface area (Å²) in [7, 11) is 0. The summed E-state index contributed by atoms with van der Waals surface area (Å²) in [5, 5.41) is 12.7. The fraction of sp³-hybridized carbons (Fsp3) is 0.941. The minimum Gasteiger partial charge on any atom is -0.314 e. The predicted octanol–water partition coefficient (Wildman–Crippen LogP) is 4.65. The summed E-state index contributed by atoms with van der Waals surface area (Å²) in [5.41, 5.74) is -0.146. The van der Waals surface area contributed by atoms with Gasteiger partial charge in [-0.15, -0.1) is 0 Å². The molecule has 1 rings (SSSR count). The smallest absolute Gasteiger partial charge is 0.0683 e. The van der Waals surface area contributed by atoms with E-state index in [0.717, 1.165) is 25.3 Å². The number of unbranched alkanes of at least 4 members (excludes halogenated alkanes) is 1. The summed E-state index contributed by atoms with van der Waals surface area (Å²) in [6.45, 7) is 7.54. The van der Waals surface area contributed by atoms with Crippen molar-refractivity contribution in [3.8, 4) is 6.07 Å². The van der Waals surface area contributed by atoms with Crippen LogP contribution in [-0.2, 0) is 0 Å². The van der Waals surface area contributed by atoms with Crippen LogP contribution in [0.4, 0.5) is 0 Å². The van der Waals surface area contributed by atoms with E-state index in [1.54, 1.807) is 0 Å². The third-order valence-corrected chi connectivity index (χ3v) is 4.60. The maximum atomic E-state index is 8.97. The van der Waals surface area contributed by atoms with E-state index < -0.39 is 0 Å². The first-order valence-corrected chi connectivity index (χ1v) is 8.20. The lowest BCUT2D eigenvalue weighted by Crippen LogP contribution is -2.34. The lowest BCUT2D eigenvalue weighted by molar-refractivity contribution is 0.332. The molecule has 1 N–H and O–H groups in total. The second-order valence-corrected chi connectivity index (χ2v) is 6.95. The molecular formula is C17H32N2. The first-order valence-electron chi connectivity index (χ1n) is 8.20. The van der Waals surface area contributed by atoms with Gasteiger partial charge in [-0.25, -0.2) is 0 Å². The summed E-state index contributed by atoms with van der Waals surface area (Å²) in [6.07, 6.45) is 11.9. The van der Waals surface area contributed by atoms with E-state index in [4.69, 9.17) is 5.26 Å². The fourth-order valence-electron chi connectivity index (χ4n) is 3.06. The first-order chi connectivity index (χ1) is 9.05. The molecule has 0 radical (unpaired) electrons. The zero-order chi connectivity index (χ0) is 14.1. The van der Waals surface area contributed by atoms with Crippen molar-refractivity contribution in [2.24, 2.45) is 11.3 Å². The number of nitrogens with zero attached hydrogens (tertiary/aromatic N) is 1. The summed E-state index contributed by atoms with van der Waals surface area (Å²) in [4.78, 5) is 0. The minimum atomic E-state index is -0.146. The van der Waals surface area contributed by atoms with Gasteiger partial charge in [-0.1, -0.05) is 32.1 Å². The molecule has 19 heavy (non-hydrogen) atoms. The molecule has 0 amide bonds. The molecule has 2 nitrogen and oxygen atoms in total. The third kappa shape index (κ3) is 6.97. The van der Waals surface area contributed by atoms with Crippen molar-refractivity contribution in [1.29, 1.82) is 5.26 Å². The first kappa shape index (κ1) is 16.5. The zero-order valence-electron chi connectivity index (χ0n) is 13.2. The van der Waals surface area contributed by atoms with E-state index >= 15 is 0 Å². The molecule has 0 aliphatic heterocycles. The molecule has 0 aromatic rings. The Bertz CT molecular complexity index is 269. The van der Waals surface area contributed by atoms with Crippen LogP contribution < -0.4 is 5.32 Å². The van der Waals surface area contributed by atoms with Crippen LogP contribution in [0.1, 0.15) is 78.6 Å². The van der Waals surface area contributed by atoms with Crippen LogP contribution in [0.15, 0.2) is 0 Å². The van der Waals surface area contributed by atoms with Gasteiger partial charge in [0.2, 0.25) is 0 Å². The molecule has 110 valence electrons. The summed E-state index contributed by atoms with van der Waals surface area (Å²) < 4.78 is 0. The molecule has 0 saturated heterocycles. The second-order valence-electron chi connectivity index (χ2n) is 6.95. The van der Waals surface area contributed by atoms with E-state index in [2.05, 4.69) is 18.3 Å². The summed E-state index contributed by atoms with van der Waals surface area (Å²) in [6, 6.07) is 3.05. The largest absolute Gasteiger partial charge is 0.314 e. The van der Waals surface area contributed by atoms with Crippen LogP contribution in [0.3, 0.4) is 0 Å². The van der Waals surface area contributed by atoms with Crippen molar-refractivity contribution in [2.75, 3.05) is 6.54 Å². The highest BCUT2D eigenvalue weighted by molar-refractivity contribution is 4.91. The van der Waals surface area contributed by atoms with Gasteiger partial charge in [0, 0.05) is 6.04 Å². The van der Waals surface area contributed by atoms with Gasteiger partial charge in [-0.3, -0.25) is 0 Å². The Balaban J connectivity index is 2.10. The Morgan fingerprint density at radius 1 is 1.16 bits per heavy atom. The molecule has 1 saturated carbocycles. The van der Waals surface area contributed by atoms with E-state index in [9.17, 15) is 0 Å². The van der Waals surface area contributed by atoms with E-state index in [0.29, 0.717) is 6.04 Å². The second kappa shape index (κ2) is 8.59. The van der Waals surface area contributed by atoms with Crippen molar-refractivity contribution in [3.05, 3.63) is 0 Å². The van der Waals surface area contributed by atoms with Gasteiger partial charge in [0.05, 0.1) is 11.5 Å². The van der Waals surface area contributed by atoms with E-state index in [1.165, 1.54) is 44.9 Å². The van der Waals surface area contributed by atoms with Gasteiger partial charge in [-0.05, 0) is 58.9 Å². The molecule has 0 bridgehead atoms. The lowest BCUT2D eigenvalue weighted by atomic mass is 9.89. The number of nitrogens with one attached hydrogen (secondary N) is 1. The molecule has 0 heterocycles. The Morgan fingerprint density at radius 3 is 2.37 bits per heavy atom. The number of hydrogen-bond acceptors (Lipinski definition) is 2. The van der Waals surface area contributed by atoms with Gasteiger partial charge < -0.3 is 5.32 Å². The molecule has 2 heteroatoms. The maximum absolute atomic E-state index is 8.97. The minimum absolute atomic E-state index is 0.146. The van der Waals surface area contributed by atoms with Gasteiger partial charge in [-0.2, -0.15) is 5.26 Å². The molecule has 1 aliphatic rings. The summed E-state index contributed by atoms with van der Waals surface area (Å²) in [5.74, 6) is 0.887. The average molecular weight is 264 g/mol.